The van der Waals surface area contributed by atoms with E-state index in [1.54, 1.807) is 13.2 Å². The van der Waals surface area contributed by atoms with Crippen LogP contribution in [0.4, 0.5) is 0 Å². The molecule has 3 heteroatoms. The molecular weight excluding hydrogens is 194 g/mol. The molecule has 1 atom stereocenters. The monoisotopic (exact) mass is 213 g/mol. The molecule has 0 aromatic rings. The van der Waals surface area contributed by atoms with Crippen molar-refractivity contribution in [3.63, 3.8) is 0 Å². The van der Waals surface area contributed by atoms with Gasteiger partial charge in [-0.3, -0.25) is 0 Å². The SMILES string of the molecule is CC#C/C(=C\C(C)C)N=S(C)(=O)CC. The van der Waals surface area contributed by atoms with Gasteiger partial charge in [-0.25, -0.2) is 4.21 Å². The molecule has 0 fully saturated rings. The lowest BCUT2D eigenvalue weighted by Gasteiger charge is -2.00. The van der Waals surface area contributed by atoms with Crippen molar-refractivity contribution in [1.82, 2.24) is 0 Å². The highest BCUT2D eigenvalue weighted by molar-refractivity contribution is 7.92. The van der Waals surface area contributed by atoms with E-state index in [0.717, 1.165) is 0 Å². The quantitative estimate of drug-likeness (QED) is 0.663. The predicted molar refractivity (Wildman–Crippen MR) is 63.4 cm³/mol. The minimum atomic E-state index is -2.08. The van der Waals surface area contributed by atoms with Crippen molar-refractivity contribution in [2.45, 2.75) is 27.7 Å². The van der Waals surface area contributed by atoms with Crippen molar-refractivity contribution in [3.05, 3.63) is 11.8 Å². The average Bonchev–Trinajstić information content (AvgIpc) is 2.03. The minimum absolute atomic E-state index is 0.377. The van der Waals surface area contributed by atoms with E-state index in [1.807, 2.05) is 13.0 Å². The molecule has 0 saturated heterocycles. The molecule has 0 heterocycles. The molecule has 1 unspecified atom stereocenters. The van der Waals surface area contributed by atoms with Crippen molar-refractivity contribution in [1.29, 1.82) is 0 Å². The van der Waals surface area contributed by atoms with Gasteiger partial charge in [-0.05, 0) is 24.8 Å². The van der Waals surface area contributed by atoms with Gasteiger partial charge in [0.1, 0.15) is 5.70 Å². The van der Waals surface area contributed by atoms with Gasteiger partial charge >= 0.3 is 0 Å². The van der Waals surface area contributed by atoms with Crippen LogP contribution in [0, 0.1) is 17.8 Å². The highest BCUT2D eigenvalue weighted by atomic mass is 32.2. The Morgan fingerprint density at radius 1 is 1.57 bits per heavy atom. The lowest BCUT2D eigenvalue weighted by Crippen LogP contribution is -1.99. The molecular formula is C11H19NOS. The minimum Gasteiger partial charge on any atom is -0.250 e. The zero-order valence-electron chi connectivity index (χ0n) is 9.63. The van der Waals surface area contributed by atoms with Gasteiger partial charge in [0.25, 0.3) is 0 Å². The lowest BCUT2D eigenvalue weighted by molar-refractivity contribution is 0.681. The zero-order valence-corrected chi connectivity index (χ0v) is 10.4. The van der Waals surface area contributed by atoms with E-state index >= 15 is 0 Å². The molecule has 80 valence electrons. The molecule has 2 nitrogen and oxygen atoms in total. The molecule has 0 rings (SSSR count). The summed E-state index contributed by atoms with van der Waals surface area (Å²) in [5.41, 5.74) is 0.650. The number of nitrogens with zero attached hydrogens (tertiary/aromatic N) is 1. The summed E-state index contributed by atoms with van der Waals surface area (Å²) in [6.45, 7) is 7.73. The largest absolute Gasteiger partial charge is 0.250 e. The highest BCUT2D eigenvalue weighted by Gasteiger charge is 1.99. The van der Waals surface area contributed by atoms with Gasteiger partial charge in [0.15, 0.2) is 0 Å². The summed E-state index contributed by atoms with van der Waals surface area (Å²) in [5.74, 6) is 6.59. The number of hydrogen-bond donors (Lipinski definition) is 0. The molecule has 14 heavy (non-hydrogen) atoms. The predicted octanol–water partition coefficient (Wildman–Crippen LogP) is 2.67. The zero-order chi connectivity index (χ0) is 11.2. The van der Waals surface area contributed by atoms with E-state index in [4.69, 9.17) is 0 Å². The van der Waals surface area contributed by atoms with Crippen molar-refractivity contribution >= 4 is 9.73 Å². The van der Waals surface area contributed by atoms with E-state index in [0.29, 0.717) is 17.4 Å². The Labute approximate surface area is 88.0 Å². The van der Waals surface area contributed by atoms with E-state index < -0.39 is 9.73 Å². The summed E-state index contributed by atoms with van der Waals surface area (Å²) in [6, 6.07) is 0. The first-order valence-electron chi connectivity index (χ1n) is 4.75. The van der Waals surface area contributed by atoms with Gasteiger partial charge in [0.05, 0.1) is 0 Å². The van der Waals surface area contributed by atoms with Gasteiger partial charge in [0.2, 0.25) is 0 Å². The van der Waals surface area contributed by atoms with Crippen LogP contribution in [0.15, 0.2) is 16.1 Å². The first-order chi connectivity index (χ1) is 6.41. The lowest BCUT2D eigenvalue weighted by atomic mass is 10.2. The molecule has 0 bridgehead atoms. The van der Waals surface area contributed by atoms with Crippen LogP contribution in [-0.4, -0.2) is 16.2 Å². The summed E-state index contributed by atoms with van der Waals surface area (Å²) in [4.78, 5) is 0. The highest BCUT2D eigenvalue weighted by Crippen LogP contribution is 2.06. The van der Waals surface area contributed by atoms with E-state index in [-0.39, 0.29) is 0 Å². The third-order valence-electron chi connectivity index (χ3n) is 1.57. The Balaban J connectivity index is 5.15. The van der Waals surface area contributed by atoms with Crippen LogP contribution in [0.1, 0.15) is 27.7 Å². The summed E-state index contributed by atoms with van der Waals surface area (Å²) in [7, 11) is -2.08. The van der Waals surface area contributed by atoms with Crippen LogP contribution in [-0.2, 0) is 9.73 Å². The number of hydrogen-bond acceptors (Lipinski definition) is 2. The Hall–Kier alpha value is -0.750. The van der Waals surface area contributed by atoms with Crippen molar-refractivity contribution in [2.75, 3.05) is 12.0 Å². The number of rotatable bonds is 3. The molecule has 0 spiro atoms. The first-order valence-corrected chi connectivity index (χ1v) is 6.85. The summed E-state index contributed by atoms with van der Waals surface area (Å²) >= 11 is 0. The Kier molecular flexibility index (Phi) is 5.56. The normalized spacial score (nSPS) is 15.7. The Morgan fingerprint density at radius 2 is 2.14 bits per heavy atom. The Morgan fingerprint density at radius 3 is 2.50 bits per heavy atom. The fourth-order valence-electron chi connectivity index (χ4n) is 0.811. The molecule has 0 aromatic heterocycles. The fraction of sp³-hybridized carbons (Fsp3) is 0.636. The van der Waals surface area contributed by atoms with E-state index in [9.17, 15) is 4.21 Å². The molecule has 0 saturated carbocycles. The maximum Gasteiger partial charge on any atom is 0.119 e. The molecule has 0 aliphatic rings. The van der Waals surface area contributed by atoms with Crippen molar-refractivity contribution in [2.24, 2.45) is 10.3 Å². The van der Waals surface area contributed by atoms with Crippen molar-refractivity contribution < 1.29 is 4.21 Å². The topological polar surface area (TPSA) is 29.4 Å². The van der Waals surface area contributed by atoms with E-state index in [2.05, 4.69) is 30.1 Å². The van der Waals surface area contributed by atoms with Crippen LogP contribution < -0.4 is 0 Å². The number of allylic oxidation sites excluding steroid dienone is 2. The van der Waals surface area contributed by atoms with Crippen molar-refractivity contribution in [3.8, 4) is 11.8 Å². The second-order valence-corrected chi connectivity index (χ2v) is 6.19. The standard InChI is InChI=1S/C11H19NOS/c1-6-8-11(9-10(3)4)12-14(5,13)7-2/h9-10H,7H2,1-5H3/b11-9+. The molecule has 0 aliphatic carbocycles. The third kappa shape index (κ3) is 5.82. The summed E-state index contributed by atoms with van der Waals surface area (Å²) in [6.07, 6.45) is 3.60. The molecule has 0 radical (unpaired) electrons. The average molecular weight is 213 g/mol. The Bertz CT molecular complexity index is 374. The third-order valence-corrected chi connectivity index (χ3v) is 3.23. The first kappa shape index (κ1) is 13.2. The fourth-order valence-corrected chi connectivity index (χ4v) is 1.46. The van der Waals surface area contributed by atoms with Crippen LogP contribution in [0.3, 0.4) is 0 Å². The van der Waals surface area contributed by atoms with Gasteiger partial charge < -0.3 is 0 Å². The van der Waals surface area contributed by atoms with Crippen LogP contribution in [0.25, 0.3) is 0 Å². The van der Waals surface area contributed by atoms with E-state index in [1.165, 1.54) is 0 Å². The van der Waals surface area contributed by atoms with Gasteiger partial charge in [0, 0.05) is 21.7 Å². The summed E-state index contributed by atoms with van der Waals surface area (Å²) in [5, 5.41) is 0. The molecule has 0 amide bonds. The smallest absolute Gasteiger partial charge is 0.119 e. The van der Waals surface area contributed by atoms with Gasteiger partial charge in [-0.15, -0.1) is 0 Å². The van der Waals surface area contributed by atoms with Gasteiger partial charge in [-0.2, -0.15) is 4.36 Å². The second kappa shape index (κ2) is 5.87. The van der Waals surface area contributed by atoms with Gasteiger partial charge in [-0.1, -0.05) is 26.7 Å². The molecule has 0 aliphatic heterocycles. The summed E-state index contributed by atoms with van der Waals surface area (Å²) < 4.78 is 15.9. The molecule has 0 aromatic carbocycles. The van der Waals surface area contributed by atoms with Crippen LogP contribution in [0.2, 0.25) is 0 Å². The maximum atomic E-state index is 11.7. The second-order valence-electron chi connectivity index (χ2n) is 3.51. The molecule has 0 N–H and O–H groups in total. The maximum absolute atomic E-state index is 11.7. The van der Waals surface area contributed by atoms with Crippen LogP contribution >= 0.6 is 0 Å². The van der Waals surface area contributed by atoms with Crippen LogP contribution in [0.5, 0.6) is 0 Å².